The van der Waals surface area contributed by atoms with Gasteiger partial charge in [-0.3, -0.25) is 37.9 Å². The molecule has 0 atom stereocenters. The highest BCUT2D eigenvalue weighted by molar-refractivity contribution is 5.95. The van der Waals surface area contributed by atoms with Gasteiger partial charge in [-0.15, -0.1) is 20.4 Å². The lowest BCUT2D eigenvalue weighted by Crippen LogP contribution is -2.40. The number of ether oxygens (including phenoxy) is 6. The Labute approximate surface area is 628 Å². The third kappa shape index (κ3) is 19.0. The minimum atomic E-state index is -0.391. The van der Waals surface area contributed by atoms with Crippen molar-refractivity contribution in [1.82, 2.24) is 58.7 Å². The van der Waals surface area contributed by atoms with E-state index in [4.69, 9.17) is 28.4 Å². The first-order valence-electron chi connectivity index (χ1n) is 35.8. The average Bonchev–Trinajstić information content (AvgIpc) is 1.75. The highest BCUT2D eigenvalue weighted by atomic mass is 19.1. The molecule has 0 fully saturated rings. The Morgan fingerprint density at radius 3 is 1.12 bits per heavy atom. The number of benzene rings is 8. The molecule has 558 valence electrons. The number of hydrogen-bond donors (Lipinski definition) is 0. The number of carbonyl (C=O) groups excluding carboxylic acids is 4. The first-order chi connectivity index (χ1) is 53.2. The molecule has 0 aliphatic carbocycles. The van der Waals surface area contributed by atoms with Crippen LogP contribution in [-0.2, 0) is 78.8 Å². The zero-order valence-electron chi connectivity index (χ0n) is 60.5. The first kappa shape index (κ1) is 74.3. The van der Waals surface area contributed by atoms with Crippen LogP contribution in [0.15, 0.2) is 231 Å². The number of rotatable bonds is 22. The molecule has 0 N–H and O–H groups in total. The van der Waals surface area contributed by atoms with Crippen molar-refractivity contribution in [1.29, 1.82) is 0 Å². The maximum atomic E-state index is 14.2. The van der Waals surface area contributed by atoms with Gasteiger partial charge < -0.3 is 48.0 Å². The first-order valence-corrected chi connectivity index (χ1v) is 35.8. The molecule has 0 spiro atoms. The summed E-state index contributed by atoms with van der Waals surface area (Å²) in [6.45, 7) is 9.41. The number of aryl methyl sites for hydroxylation is 2. The third-order valence-electron chi connectivity index (χ3n) is 18.6. The van der Waals surface area contributed by atoms with Crippen LogP contribution in [0.2, 0.25) is 0 Å². The minimum Gasteiger partial charge on any atom is -0.496 e. The van der Waals surface area contributed by atoms with Crippen molar-refractivity contribution in [2.24, 2.45) is 0 Å². The molecule has 4 aliphatic heterocycles. The highest BCUT2D eigenvalue weighted by Gasteiger charge is 2.32. The van der Waals surface area contributed by atoms with Crippen LogP contribution < -0.4 is 28.4 Å². The molecule has 25 heteroatoms. The van der Waals surface area contributed by atoms with Crippen LogP contribution in [0.3, 0.4) is 0 Å². The van der Waals surface area contributed by atoms with Crippen LogP contribution in [-0.4, -0.2) is 123 Å². The van der Waals surface area contributed by atoms with Crippen LogP contribution in [0.4, 0.5) is 13.2 Å². The average molecular weight is 1480 g/mol. The van der Waals surface area contributed by atoms with Crippen LogP contribution in [0.1, 0.15) is 98.4 Å². The topological polar surface area (TPSA) is 208 Å². The molecule has 22 nitrogen and oxygen atoms in total. The van der Waals surface area contributed by atoms with Gasteiger partial charge in [0.25, 0.3) is 23.6 Å². The van der Waals surface area contributed by atoms with Gasteiger partial charge in [-0.2, -0.15) is 0 Å². The van der Waals surface area contributed by atoms with Crippen molar-refractivity contribution in [3.8, 4) is 35.0 Å². The van der Waals surface area contributed by atoms with E-state index < -0.39 is 5.82 Å². The Morgan fingerprint density at radius 2 is 0.706 bits per heavy atom. The maximum Gasteiger partial charge on any atom is 0.272 e. The van der Waals surface area contributed by atoms with E-state index in [1.165, 1.54) is 38.5 Å². The molecular formula is C84H81F3N12O10. The Morgan fingerprint density at radius 1 is 0.330 bits per heavy atom. The van der Waals surface area contributed by atoms with E-state index in [0.29, 0.717) is 153 Å². The molecule has 8 aromatic carbocycles. The van der Waals surface area contributed by atoms with Crippen molar-refractivity contribution >= 4 is 23.6 Å². The summed E-state index contributed by atoms with van der Waals surface area (Å²) < 4.78 is 81.5. The molecule has 4 amide bonds. The fraction of sp³-hybridized carbons (Fsp3) is 0.238. The van der Waals surface area contributed by atoms with E-state index in [-0.39, 0.29) is 48.4 Å². The second-order valence-corrected chi connectivity index (χ2v) is 26.2. The van der Waals surface area contributed by atoms with E-state index in [0.717, 1.165) is 52.9 Å². The molecule has 0 saturated carbocycles. The predicted molar refractivity (Wildman–Crippen MR) is 399 cm³/mol. The van der Waals surface area contributed by atoms with E-state index in [1.807, 2.05) is 157 Å². The Balaban J connectivity index is 0.000000128. The van der Waals surface area contributed by atoms with E-state index >= 15 is 0 Å². The summed E-state index contributed by atoms with van der Waals surface area (Å²) >= 11 is 0. The Hall–Kier alpha value is -12.9. The summed E-state index contributed by atoms with van der Waals surface area (Å²) in [5.41, 5.74) is 9.81. The minimum absolute atomic E-state index is 0.00779. The summed E-state index contributed by atoms with van der Waals surface area (Å²) in [6, 6.07) is 70.0. The molecular weight excluding hydrogens is 1390 g/mol. The second-order valence-electron chi connectivity index (χ2n) is 26.2. The van der Waals surface area contributed by atoms with Crippen molar-refractivity contribution in [3.63, 3.8) is 0 Å². The fourth-order valence-corrected chi connectivity index (χ4v) is 12.8. The number of halogens is 3. The van der Waals surface area contributed by atoms with Gasteiger partial charge in [0.05, 0.1) is 40.4 Å². The Bertz CT molecular complexity index is 5080. The van der Waals surface area contributed by atoms with Crippen molar-refractivity contribution in [2.45, 2.75) is 92.1 Å². The van der Waals surface area contributed by atoms with Gasteiger partial charge in [-0.1, -0.05) is 170 Å². The molecule has 16 rings (SSSR count). The van der Waals surface area contributed by atoms with Crippen molar-refractivity contribution in [2.75, 3.05) is 40.4 Å². The normalized spacial score (nSPS) is 13.6. The number of methoxy groups -OCH3 is 2. The van der Waals surface area contributed by atoms with Crippen LogP contribution >= 0.6 is 0 Å². The van der Waals surface area contributed by atoms with Gasteiger partial charge in [-0.05, 0) is 88.7 Å². The number of fused-ring (bicyclic) bond motifs is 4. The predicted octanol–water partition coefficient (Wildman–Crippen LogP) is 13.6. The quantitative estimate of drug-likeness (QED) is 0.0619. The number of aromatic nitrogens is 8. The molecule has 0 unspecified atom stereocenters. The van der Waals surface area contributed by atoms with E-state index in [9.17, 15) is 32.3 Å². The molecule has 109 heavy (non-hydrogen) atoms. The highest BCUT2D eigenvalue weighted by Crippen LogP contribution is 2.30. The Kier molecular flexibility index (Phi) is 24.2. The van der Waals surface area contributed by atoms with E-state index in [1.54, 1.807) is 94.9 Å². The van der Waals surface area contributed by atoms with Crippen LogP contribution in [0.5, 0.6) is 35.0 Å². The summed E-state index contributed by atoms with van der Waals surface area (Å²) in [5.74, 6) is 1.30. The van der Waals surface area contributed by atoms with Crippen molar-refractivity contribution < 1.29 is 60.8 Å². The van der Waals surface area contributed by atoms with Crippen LogP contribution in [0.25, 0.3) is 0 Å². The number of nitrogens with zero attached hydrogens (tertiary/aromatic N) is 12. The van der Waals surface area contributed by atoms with Crippen molar-refractivity contribution in [3.05, 3.63) is 321 Å². The van der Waals surface area contributed by atoms with Gasteiger partial charge in [-0.25, -0.2) is 13.2 Å². The van der Waals surface area contributed by atoms with Gasteiger partial charge in [0.1, 0.15) is 78.2 Å². The van der Waals surface area contributed by atoms with Gasteiger partial charge in [0, 0.05) is 87.8 Å². The van der Waals surface area contributed by atoms with Gasteiger partial charge >= 0.3 is 0 Å². The van der Waals surface area contributed by atoms with E-state index in [2.05, 4.69) is 20.4 Å². The monoisotopic (exact) mass is 1470 g/mol. The smallest absolute Gasteiger partial charge is 0.272 e. The summed E-state index contributed by atoms with van der Waals surface area (Å²) in [4.78, 5) is 58.4. The number of carbonyl (C=O) groups is 4. The molecule has 12 aromatic rings. The number of amides is 4. The zero-order valence-corrected chi connectivity index (χ0v) is 60.5. The summed E-state index contributed by atoms with van der Waals surface area (Å²) in [5, 5.41) is 17.6. The largest absolute Gasteiger partial charge is 0.496 e. The lowest BCUT2D eigenvalue weighted by molar-refractivity contribution is 0.0673. The lowest BCUT2D eigenvalue weighted by Gasteiger charge is -2.28. The molecule has 4 aromatic heterocycles. The number of hydrogen-bond acceptors (Lipinski definition) is 14. The standard InChI is InChI=1S/2C21H20FN3O3.C21H20FN3O2.C21H21N3O2/c1-27-19-9-5-8-17(22)16(19)13-24-10-11-25-18(21(24)26)12-20(23-25)28-14-15-6-3-2-4-7-15;1-27-19-8-7-17(22)11-16(19)13-24-9-10-25-18(21(24)26)12-20(23-25)28-14-15-5-3-2-4-6-15;1-15-11-17(7-8-18(15)22)13-24-9-10-25-19(21(24)26)12-20(23-25)27-14-16-5-3-2-4-6-16;25-21-19-14-20(26-16-18-10-5-2-6-11-18)22-24(19)13-7-12-23(21)15-17-8-3-1-4-9-17/h2-9,12H,10-11,13-14H2,1H3;2-8,11-12H,9-10,13-14H2,1H3;2-8,11-12H,9-10,13-14H2,1H3;1-6,8-11,14H,7,12-13,15-16H2. The zero-order chi connectivity index (χ0) is 75.6. The van der Waals surface area contributed by atoms with Gasteiger partial charge in [0.15, 0.2) is 0 Å². The maximum absolute atomic E-state index is 14.2. The molecule has 4 aliphatic rings. The SMILES string of the molecule is COc1ccc(F)cc1CN1CCn2nc(OCc3ccccc3)cc2C1=O.COc1cccc(F)c1CN1CCn2nc(OCc3ccccc3)cc2C1=O.Cc1cc(CN2CCn3nc(OCc4ccccc4)cc3C2=O)ccc1F.O=C1c2cc(OCc3ccccc3)nn2CCCN1Cc1ccccc1. The summed E-state index contributed by atoms with van der Waals surface area (Å²) in [7, 11) is 3.02. The fourth-order valence-electron chi connectivity index (χ4n) is 12.8. The molecule has 8 heterocycles. The second kappa shape index (κ2) is 35.4. The molecule has 0 radical (unpaired) electrons. The summed E-state index contributed by atoms with van der Waals surface area (Å²) in [6.07, 6.45) is 0.880. The molecule has 0 saturated heterocycles. The molecule has 0 bridgehead atoms. The third-order valence-corrected chi connectivity index (χ3v) is 18.6. The van der Waals surface area contributed by atoms with Crippen LogP contribution in [0, 0.1) is 24.4 Å². The van der Waals surface area contributed by atoms with Gasteiger partial charge in [0.2, 0.25) is 23.5 Å². The lowest BCUT2D eigenvalue weighted by atomic mass is 10.1.